The number of thioether (sulfide) groups is 1. The van der Waals surface area contributed by atoms with Crippen LogP contribution >= 0.6 is 11.8 Å². The number of rotatable bonds is 4. The third kappa shape index (κ3) is 2.77. The van der Waals surface area contributed by atoms with Crippen LogP contribution in [0.1, 0.15) is 0 Å². The van der Waals surface area contributed by atoms with Crippen molar-refractivity contribution in [1.82, 2.24) is 0 Å². The Morgan fingerprint density at radius 2 is 1.82 bits per heavy atom. The highest BCUT2D eigenvalue weighted by Crippen LogP contribution is 2.06. The molecule has 0 spiro atoms. The Morgan fingerprint density at radius 3 is 1.91 bits per heavy atom. The summed E-state index contributed by atoms with van der Waals surface area (Å²) in [5, 5.41) is 19.2. The molecule has 5 nitrogen and oxygen atoms in total. The molecule has 0 heterocycles. The molecule has 11 heavy (non-hydrogen) atoms. The maximum absolute atomic E-state index is 10.2. The van der Waals surface area contributed by atoms with Crippen molar-refractivity contribution in [3.8, 4) is 0 Å². The first-order chi connectivity index (χ1) is 5.00. The van der Waals surface area contributed by atoms with E-state index in [-0.39, 0.29) is 0 Å². The molecule has 0 saturated carbocycles. The molecule has 0 fully saturated rings. The molecule has 64 valence electrons. The van der Waals surface area contributed by atoms with E-state index in [1.54, 1.807) is 0 Å². The number of aliphatic carboxylic acids is 2. The highest BCUT2D eigenvalue weighted by Gasteiger charge is 2.21. The summed E-state index contributed by atoms with van der Waals surface area (Å²) < 4.78 is 0. The minimum absolute atomic E-state index is 0.869. The minimum atomic E-state index is -1.48. The van der Waals surface area contributed by atoms with Gasteiger partial charge in [-0.05, 0) is 6.26 Å². The molecule has 0 aliphatic carbocycles. The van der Waals surface area contributed by atoms with E-state index in [0.717, 1.165) is 11.8 Å². The second-order valence-electron chi connectivity index (χ2n) is 1.90. The van der Waals surface area contributed by atoms with Crippen LogP contribution in [0.5, 0.6) is 0 Å². The SMILES string of the molecule is CSC(C(=O)[O-])[C@H]([NH3+])C(=O)[O-]. The molecule has 0 bridgehead atoms. The van der Waals surface area contributed by atoms with Crippen LogP contribution in [-0.2, 0) is 9.59 Å². The lowest BCUT2D eigenvalue weighted by Crippen LogP contribution is -2.74. The van der Waals surface area contributed by atoms with Gasteiger partial charge in [-0.2, -0.15) is 0 Å². The van der Waals surface area contributed by atoms with Crippen molar-refractivity contribution >= 4 is 23.7 Å². The molecule has 0 aliphatic rings. The first-order valence-corrected chi connectivity index (χ1v) is 4.07. The lowest BCUT2D eigenvalue weighted by Gasteiger charge is -2.20. The molecule has 3 N–H and O–H groups in total. The molecule has 0 saturated heterocycles. The molecule has 0 aromatic carbocycles. The third-order valence-corrected chi connectivity index (χ3v) is 2.18. The quantitative estimate of drug-likeness (QED) is 0.470. The Balaban J connectivity index is 4.25. The van der Waals surface area contributed by atoms with Crippen molar-refractivity contribution in [2.75, 3.05) is 6.26 Å². The topological polar surface area (TPSA) is 108 Å². The van der Waals surface area contributed by atoms with Gasteiger partial charge < -0.3 is 25.5 Å². The predicted octanol–water partition coefficient (Wildman–Crippen LogP) is -4.17. The molecular weight excluding hydrogens is 170 g/mol. The van der Waals surface area contributed by atoms with Crippen LogP contribution in [0.25, 0.3) is 0 Å². The molecular formula is C5H8NO4S-. The van der Waals surface area contributed by atoms with Crippen LogP contribution in [0.2, 0.25) is 0 Å². The lowest BCUT2D eigenvalue weighted by molar-refractivity contribution is -0.438. The zero-order valence-corrected chi connectivity index (χ0v) is 6.72. The third-order valence-electron chi connectivity index (χ3n) is 1.15. The number of carbonyl (C=O) groups excluding carboxylic acids is 2. The smallest absolute Gasteiger partial charge is 0.142 e. The van der Waals surface area contributed by atoms with E-state index in [1.165, 1.54) is 6.26 Å². The van der Waals surface area contributed by atoms with Gasteiger partial charge in [-0.25, -0.2) is 0 Å². The summed E-state index contributed by atoms with van der Waals surface area (Å²) in [5.74, 6) is -2.91. The van der Waals surface area contributed by atoms with E-state index in [9.17, 15) is 19.8 Å². The maximum atomic E-state index is 10.2. The van der Waals surface area contributed by atoms with Crippen LogP contribution in [0, 0.1) is 0 Å². The van der Waals surface area contributed by atoms with Gasteiger partial charge in [0.1, 0.15) is 17.3 Å². The molecule has 2 atom stereocenters. The molecule has 0 radical (unpaired) electrons. The van der Waals surface area contributed by atoms with Crippen LogP contribution in [-0.4, -0.2) is 29.5 Å². The zero-order chi connectivity index (χ0) is 9.02. The van der Waals surface area contributed by atoms with Crippen LogP contribution < -0.4 is 15.9 Å². The van der Waals surface area contributed by atoms with Gasteiger partial charge in [0.2, 0.25) is 0 Å². The summed E-state index contributed by atoms with van der Waals surface area (Å²) in [6.07, 6.45) is 1.47. The summed E-state index contributed by atoms with van der Waals surface area (Å²) >= 11 is 0.869. The van der Waals surface area contributed by atoms with E-state index in [4.69, 9.17) is 0 Å². The van der Waals surface area contributed by atoms with Gasteiger partial charge in [0, 0.05) is 0 Å². The highest BCUT2D eigenvalue weighted by molar-refractivity contribution is 8.00. The highest BCUT2D eigenvalue weighted by atomic mass is 32.2. The average molecular weight is 178 g/mol. The lowest BCUT2D eigenvalue weighted by atomic mass is 10.2. The number of carboxylic acid groups (broad SMARTS) is 2. The molecule has 0 aromatic heterocycles. The minimum Gasteiger partial charge on any atom is -0.549 e. The largest absolute Gasteiger partial charge is 0.549 e. The monoisotopic (exact) mass is 178 g/mol. The van der Waals surface area contributed by atoms with E-state index < -0.39 is 23.2 Å². The second kappa shape index (κ2) is 4.20. The number of carbonyl (C=O) groups is 2. The Labute approximate surface area is 67.6 Å². The fourth-order valence-corrected chi connectivity index (χ4v) is 1.18. The Hall–Kier alpha value is -0.750. The average Bonchev–Trinajstić information content (AvgIpc) is 1.88. The summed E-state index contributed by atoms with van der Waals surface area (Å²) in [5.41, 5.74) is 3.13. The molecule has 0 aromatic rings. The normalized spacial score (nSPS) is 15.5. The second-order valence-corrected chi connectivity index (χ2v) is 2.88. The molecule has 0 aliphatic heterocycles. The van der Waals surface area contributed by atoms with Gasteiger partial charge in [0.25, 0.3) is 0 Å². The van der Waals surface area contributed by atoms with Gasteiger partial charge >= 0.3 is 0 Å². The van der Waals surface area contributed by atoms with Crippen LogP contribution in [0.15, 0.2) is 0 Å². The van der Waals surface area contributed by atoms with E-state index in [2.05, 4.69) is 5.73 Å². The Morgan fingerprint density at radius 1 is 1.36 bits per heavy atom. The van der Waals surface area contributed by atoms with Gasteiger partial charge in [-0.15, -0.1) is 11.8 Å². The van der Waals surface area contributed by atoms with Gasteiger partial charge in [-0.1, -0.05) is 0 Å². The molecule has 1 unspecified atom stereocenters. The van der Waals surface area contributed by atoms with Crippen LogP contribution in [0.3, 0.4) is 0 Å². The maximum Gasteiger partial charge on any atom is 0.142 e. The summed E-state index contributed by atoms with van der Waals surface area (Å²) in [7, 11) is 0. The Bertz CT molecular complexity index is 172. The predicted molar refractivity (Wildman–Crippen MR) is 34.0 cm³/mol. The van der Waals surface area contributed by atoms with Crippen molar-refractivity contribution in [3.05, 3.63) is 0 Å². The number of hydrogen-bond acceptors (Lipinski definition) is 5. The summed E-state index contributed by atoms with van der Waals surface area (Å²) in [6.45, 7) is 0. The van der Waals surface area contributed by atoms with Gasteiger partial charge in [-0.3, -0.25) is 0 Å². The van der Waals surface area contributed by atoms with Gasteiger partial charge in [0.05, 0.1) is 5.97 Å². The van der Waals surface area contributed by atoms with E-state index >= 15 is 0 Å². The fourth-order valence-electron chi connectivity index (χ4n) is 0.548. The number of quaternary nitrogens is 1. The van der Waals surface area contributed by atoms with Crippen molar-refractivity contribution in [2.45, 2.75) is 11.3 Å². The summed E-state index contributed by atoms with van der Waals surface area (Å²) in [4.78, 5) is 20.3. The standard InChI is InChI=1S/C5H9NO4S/c1-11-3(5(9)10)2(6)4(7)8/h2-3H,6H2,1H3,(H,7,8)(H,9,10)/p-1/t2-,3?/m0/s1. The number of hydrogen-bond donors (Lipinski definition) is 1. The van der Waals surface area contributed by atoms with Crippen LogP contribution in [0.4, 0.5) is 0 Å². The first kappa shape index (κ1) is 10.2. The van der Waals surface area contributed by atoms with Crippen molar-refractivity contribution < 1.29 is 25.5 Å². The fraction of sp³-hybridized carbons (Fsp3) is 0.600. The van der Waals surface area contributed by atoms with Gasteiger partial charge in [0.15, 0.2) is 0 Å². The number of carboxylic acids is 2. The summed E-state index contributed by atoms with van der Waals surface area (Å²) in [6, 6.07) is -1.27. The van der Waals surface area contributed by atoms with E-state index in [0.29, 0.717) is 0 Å². The van der Waals surface area contributed by atoms with Crippen molar-refractivity contribution in [1.29, 1.82) is 0 Å². The molecule has 0 rings (SSSR count). The zero-order valence-electron chi connectivity index (χ0n) is 5.90. The van der Waals surface area contributed by atoms with E-state index in [1.807, 2.05) is 0 Å². The van der Waals surface area contributed by atoms with Crippen molar-refractivity contribution in [2.24, 2.45) is 0 Å². The van der Waals surface area contributed by atoms with Crippen molar-refractivity contribution in [3.63, 3.8) is 0 Å². The molecule has 6 heteroatoms. The Kier molecular flexibility index (Phi) is 3.91. The first-order valence-electron chi connectivity index (χ1n) is 2.78. The molecule has 0 amide bonds.